The molecule has 1 fully saturated rings. The minimum atomic E-state index is -0.0248. The number of hydrogen-bond donors (Lipinski definition) is 1. The normalized spacial score (nSPS) is 16.8. The first-order valence-electron chi connectivity index (χ1n) is 5.50. The highest BCUT2D eigenvalue weighted by atomic mass is 35.5. The lowest BCUT2D eigenvalue weighted by Gasteiger charge is -2.14. The van der Waals surface area contributed by atoms with Crippen molar-refractivity contribution in [1.29, 1.82) is 0 Å². The van der Waals surface area contributed by atoms with Gasteiger partial charge in [-0.2, -0.15) is 0 Å². The highest BCUT2D eigenvalue weighted by Gasteiger charge is 2.41. The highest BCUT2D eigenvalue weighted by Crippen LogP contribution is 2.48. The number of amides is 1. The van der Waals surface area contributed by atoms with Crippen LogP contribution in [0.2, 0.25) is 0 Å². The summed E-state index contributed by atoms with van der Waals surface area (Å²) in [6.45, 7) is 0.737. The van der Waals surface area contributed by atoms with Crippen molar-refractivity contribution in [3.8, 4) is 0 Å². The molecule has 4 heteroatoms. The number of carbonyl (C=O) groups is 1. The van der Waals surface area contributed by atoms with Crippen LogP contribution in [0, 0.1) is 5.41 Å². The lowest BCUT2D eigenvalue weighted by molar-refractivity contribution is 0.0944. The van der Waals surface area contributed by atoms with E-state index in [1.165, 1.54) is 12.8 Å². The summed E-state index contributed by atoms with van der Waals surface area (Å²) in [5.74, 6) is 0.647. The molecule has 1 heterocycles. The van der Waals surface area contributed by atoms with Crippen LogP contribution >= 0.6 is 11.6 Å². The van der Waals surface area contributed by atoms with Crippen molar-refractivity contribution < 1.29 is 4.79 Å². The quantitative estimate of drug-likeness (QED) is 0.800. The second-order valence-corrected chi connectivity index (χ2v) is 4.74. The van der Waals surface area contributed by atoms with Crippen molar-refractivity contribution in [2.24, 2.45) is 5.41 Å². The summed E-state index contributed by atoms with van der Waals surface area (Å²) in [5, 5.41) is 2.96. The number of aromatic nitrogens is 1. The van der Waals surface area contributed by atoms with Gasteiger partial charge in [0.25, 0.3) is 5.91 Å². The summed E-state index contributed by atoms with van der Waals surface area (Å²) in [5.41, 5.74) is 0.946. The average Bonchev–Trinajstić information content (AvgIpc) is 3.08. The number of nitrogens with one attached hydrogen (secondary N) is 1. The third kappa shape index (κ3) is 2.73. The lowest BCUT2D eigenvalue weighted by atomic mass is 10.0. The van der Waals surface area contributed by atoms with Crippen LogP contribution in [0.1, 0.15) is 29.6 Å². The van der Waals surface area contributed by atoms with Crippen molar-refractivity contribution in [2.45, 2.75) is 19.3 Å². The number of alkyl halides is 1. The first-order chi connectivity index (χ1) is 7.76. The first-order valence-corrected chi connectivity index (χ1v) is 6.03. The predicted molar refractivity (Wildman–Crippen MR) is 63.6 cm³/mol. The largest absolute Gasteiger partial charge is 0.351 e. The van der Waals surface area contributed by atoms with E-state index in [-0.39, 0.29) is 11.3 Å². The average molecular weight is 239 g/mol. The van der Waals surface area contributed by atoms with E-state index in [1.54, 1.807) is 24.5 Å². The van der Waals surface area contributed by atoms with Gasteiger partial charge in [-0.25, -0.2) is 0 Å². The second-order valence-electron chi connectivity index (χ2n) is 4.36. The van der Waals surface area contributed by atoms with Gasteiger partial charge in [-0.1, -0.05) is 0 Å². The van der Waals surface area contributed by atoms with Gasteiger partial charge < -0.3 is 5.32 Å². The van der Waals surface area contributed by atoms with Gasteiger partial charge in [-0.15, -0.1) is 11.6 Å². The molecule has 0 spiro atoms. The van der Waals surface area contributed by atoms with E-state index >= 15 is 0 Å². The van der Waals surface area contributed by atoms with Gasteiger partial charge in [0.2, 0.25) is 0 Å². The van der Waals surface area contributed by atoms with Crippen molar-refractivity contribution in [2.75, 3.05) is 12.4 Å². The summed E-state index contributed by atoms with van der Waals surface area (Å²) >= 11 is 5.74. The molecular weight excluding hydrogens is 224 g/mol. The molecule has 1 amide bonds. The van der Waals surface area contributed by atoms with E-state index in [0.717, 1.165) is 13.0 Å². The zero-order valence-corrected chi connectivity index (χ0v) is 9.83. The standard InChI is InChI=1S/C12H15ClN2O/c13-6-5-12(3-4-12)9-15-11(16)10-1-7-14-8-2-10/h1-2,7-8H,3-6,9H2,(H,15,16). The van der Waals surface area contributed by atoms with Crippen LogP contribution in [0.25, 0.3) is 0 Å². The molecular formula is C12H15ClN2O. The van der Waals surface area contributed by atoms with E-state index in [0.29, 0.717) is 11.4 Å². The van der Waals surface area contributed by atoms with Gasteiger partial charge in [0, 0.05) is 30.4 Å². The van der Waals surface area contributed by atoms with Gasteiger partial charge in [0.15, 0.2) is 0 Å². The van der Waals surface area contributed by atoms with Gasteiger partial charge in [-0.05, 0) is 36.8 Å². The Kier molecular flexibility index (Phi) is 3.44. The Morgan fingerprint density at radius 2 is 2.12 bits per heavy atom. The highest BCUT2D eigenvalue weighted by molar-refractivity contribution is 6.17. The Morgan fingerprint density at radius 1 is 1.44 bits per heavy atom. The maximum atomic E-state index is 11.8. The Balaban J connectivity index is 1.85. The molecule has 1 aliphatic carbocycles. The van der Waals surface area contributed by atoms with Crippen LogP contribution in [-0.4, -0.2) is 23.3 Å². The molecule has 0 aliphatic heterocycles. The van der Waals surface area contributed by atoms with E-state index in [9.17, 15) is 4.79 Å². The van der Waals surface area contributed by atoms with Gasteiger partial charge in [0.1, 0.15) is 0 Å². The first kappa shape index (κ1) is 11.4. The van der Waals surface area contributed by atoms with Crippen LogP contribution in [0.15, 0.2) is 24.5 Å². The summed E-state index contributed by atoms with van der Waals surface area (Å²) in [7, 11) is 0. The molecule has 2 rings (SSSR count). The Morgan fingerprint density at radius 3 is 2.69 bits per heavy atom. The minimum Gasteiger partial charge on any atom is -0.351 e. The number of hydrogen-bond acceptors (Lipinski definition) is 2. The fraction of sp³-hybridized carbons (Fsp3) is 0.500. The maximum Gasteiger partial charge on any atom is 0.251 e. The summed E-state index contributed by atoms with van der Waals surface area (Å²) in [6.07, 6.45) is 6.60. The smallest absolute Gasteiger partial charge is 0.251 e. The van der Waals surface area contributed by atoms with Crippen molar-refractivity contribution in [3.05, 3.63) is 30.1 Å². The third-order valence-electron chi connectivity index (χ3n) is 3.15. The summed E-state index contributed by atoms with van der Waals surface area (Å²) < 4.78 is 0. The molecule has 1 N–H and O–H groups in total. The van der Waals surface area contributed by atoms with Crippen LogP contribution in [0.4, 0.5) is 0 Å². The fourth-order valence-corrected chi connectivity index (χ4v) is 2.17. The third-order valence-corrected chi connectivity index (χ3v) is 3.34. The molecule has 16 heavy (non-hydrogen) atoms. The maximum absolute atomic E-state index is 11.8. The summed E-state index contributed by atoms with van der Waals surface area (Å²) in [6, 6.07) is 3.44. The molecule has 1 aromatic heterocycles. The van der Waals surface area contributed by atoms with Gasteiger partial charge in [0.05, 0.1) is 0 Å². The zero-order valence-electron chi connectivity index (χ0n) is 9.08. The van der Waals surface area contributed by atoms with Crippen molar-refractivity contribution >= 4 is 17.5 Å². The molecule has 3 nitrogen and oxygen atoms in total. The predicted octanol–water partition coefficient (Wildman–Crippen LogP) is 2.22. The molecule has 86 valence electrons. The number of nitrogens with zero attached hydrogens (tertiary/aromatic N) is 1. The minimum absolute atomic E-state index is 0.0248. The van der Waals surface area contributed by atoms with Crippen molar-refractivity contribution in [1.82, 2.24) is 10.3 Å². The van der Waals surface area contributed by atoms with Crippen LogP contribution < -0.4 is 5.32 Å². The Bertz CT molecular complexity index is 363. The Labute approximate surface area is 100 Å². The molecule has 1 aromatic rings. The Hall–Kier alpha value is -1.09. The van der Waals surface area contributed by atoms with E-state index in [2.05, 4.69) is 10.3 Å². The van der Waals surface area contributed by atoms with Crippen LogP contribution in [0.3, 0.4) is 0 Å². The van der Waals surface area contributed by atoms with Gasteiger partial charge >= 0.3 is 0 Å². The van der Waals surface area contributed by atoms with E-state index < -0.39 is 0 Å². The lowest BCUT2D eigenvalue weighted by Crippen LogP contribution is -2.30. The number of halogens is 1. The monoisotopic (exact) mass is 238 g/mol. The van der Waals surface area contributed by atoms with Crippen molar-refractivity contribution in [3.63, 3.8) is 0 Å². The number of carbonyl (C=O) groups excluding carboxylic acids is 1. The number of rotatable bonds is 5. The fourth-order valence-electron chi connectivity index (χ4n) is 1.77. The second kappa shape index (κ2) is 4.83. The molecule has 1 aliphatic rings. The number of pyridine rings is 1. The van der Waals surface area contributed by atoms with Crippen LogP contribution in [-0.2, 0) is 0 Å². The van der Waals surface area contributed by atoms with E-state index in [1.807, 2.05) is 0 Å². The molecule has 0 atom stereocenters. The van der Waals surface area contributed by atoms with E-state index in [4.69, 9.17) is 11.6 Å². The van der Waals surface area contributed by atoms with Crippen LogP contribution in [0.5, 0.6) is 0 Å². The summed E-state index contributed by atoms with van der Waals surface area (Å²) in [4.78, 5) is 15.6. The molecule has 0 bridgehead atoms. The zero-order chi connectivity index (χ0) is 11.4. The molecule has 1 saturated carbocycles. The molecule has 0 saturated heterocycles. The topological polar surface area (TPSA) is 42.0 Å². The van der Waals surface area contributed by atoms with Gasteiger partial charge in [-0.3, -0.25) is 9.78 Å². The molecule has 0 radical (unpaired) electrons. The molecule has 0 unspecified atom stereocenters. The molecule has 0 aromatic carbocycles. The SMILES string of the molecule is O=C(NCC1(CCCl)CC1)c1ccncc1.